The van der Waals surface area contributed by atoms with Crippen LogP contribution in [0.15, 0.2) is 84.9 Å². The largest absolute Gasteiger partial charge is 0.473 e. The maximum atomic E-state index is 12.7. The summed E-state index contributed by atoms with van der Waals surface area (Å²) in [5.41, 5.74) is 7.86. The van der Waals surface area contributed by atoms with Crippen molar-refractivity contribution in [1.29, 1.82) is 0 Å². The first-order valence-electron chi connectivity index (χ1n) is 7.90. The Morgan fingerprint density at radius 1 is 0.840 bits per heavy atom. The van der Waals surface area contributed by atoms with Gasteiger partial charge in [-0.25, -0.2) is 4.79 Å². The van der Waals surface area contributed by atoms with Crippen LogP contribution in [0.25, 0.3) is 0 Å². The van der Waals surface area contributed by atoms with Crippen molar-refractivity contribution in [2.75, 3.05) is 17.4 Å². The minimum atomic E-state index is -0.285. The second-order valence-electron chi connectivity index (χ2n) is 5.35. The molecule has 0 aliphatic carbocycles. The molecule has 3 aromatic rings. The first-order chi connectivity index (χ1) is 12.2. The Morgan fingerprint density at radius 3 is 2.04 bits per heavy atom. The Labute approximate surface area is 146 Å². The lowest BCUT2D eigenvalue weighted by molar-refractivity contribution is 0.231. The summed E-state index contributed by atoms with van der Waals surface area (Å²) >= 11 is 0. The maximum Gasteiger partial charge on any atom is 0.329 e. The fraction of sp³-hybridized carbons (Fsp3) is 0.0500. The van der Waals surface area contributed by atoms with Gasteiger partial charge in [0.15, 0.2) is 6.73 Å². The van der Waals surface area contributed by atoms with Crippen LogP contribution in [0.4, 0.5) is 21.9 Å². The number of nitrogens with two attached hydrogens (primary N) is 1. The molecule has 5 nitrogen and oxygen atoms in total. The number of carbonyl (C=O) groups excluding carboxylic acids is 1. The molecule has 0 aromatic heterocycles. The van der Waals surface area contributed by atoms with Crippen LogP contribution in [0.3, 0.4) is 0 Å². The van der Waals surface area contributed by atoms with E-state index in [0.29, 0.717) is 11.4 Å². The molecule has 0 bridgehead atoms. The standard InChI is InChI=1S/C20H19N3O2/c21-16-11-13-18(14-12-16)23(17-7-3-1-4-8-17)20(24)22-15-25-19-9-5-2-6-10-19/h1-14H,15,21H2,(H,22,24). The van der Waals surface area contributed by atoms with Crippen LogP contribution in [0.1, 0.15) is 0 Å². The van der Waals surface area contributed by atoms with Crippen molar-refractivity contribution in [3.8, 4) is 5.75 Å². The molecule has 3 rings (SSSR count). The Bertz CT molecular complexity index is 805. The zero-order valence-electron chi connectivity index (χ0n) is 13.6. The summed E-state index contributed by atoms with van der Waals surface area (Å²) in [7, 11) is 0. The van der Waals surface area contributed by atoms with Crippen molar-refractivity contribution >= 4 is 23.1 Å². The van der Waals surface area contributed by atoms with Crippen molar-refractivity contribution < 1.29 is 9.53 Å². The second kappa shape index (κ2) is 7.88. The molecule has 2 amide bonds. The molecule has 0 unspecified atom stereocenters. The lowest BCUT2D eigenvalue weighted by Gasteiger charge is -2.23. The molecule has 0 heterocycles. The maximum absolute atomic E-state index is 12.7. The van der Waals surface area contributed by atoms with Crippen molar-refractivity contribution in [2.45, 2.75) is 0 Å². The Morgan fingerprint density at radius 2 is 1.40 bits per heavy atom. The molecule has 126 valence electrons. The van der Waals surface area contributed by atoms with Gasteiger partial charge in [-0.2, -0.15) is 0 Å². The number of urea groups is 1. The average Bonchev–Trinajstić information content (AvgIpc) is 2.65. The van der Waals surface area contributed by atoms with Gasteiger partial charge in [-0.1, -0.05) is 36.4 Å². The quantitative estimate of drug-likeness (QED) is 0.544. The summed E-state index contributed by atoms with van der Waals surface area (Å²) < 4.78 is 5.54. The third-order valence-corrected chi connectivity index (χ3v) is 3.57. The fourth-order valence-corrected chi connectivity index (χ4v) is 2.36. The van der Waals surface area contributed by atoms with Gasteiger partial charge in [-0.3, -0.25) is 4.90 Å². The number of hydrogen-bond acceptors (Lipinski definition) is 3. The number of carbonyl (C=O) groups is 1. The number of anilines is 3. The third kappa shape index (κ3) is 4.29. The SMILES string of the molecule is Nc1ccc(N(C(=O)NCOc2ccccc2)c2ccccc2)cc1. The summed E-state index contributed by atoms with van der Waals surface area (Å²) in [4.78, 5) is 14.3. The van der Waals surface area contributed by atoms with Crippen LogP contribution >= 0.6 is 0 Å². The molecule has 0 radical (unpaired) electrons. The van der Waals surface area contributed by atoms with Crippen molar-refractivity contribution in [1.82, 2.24) is 5.32 Å². The molecule has 0 saturated heterocycles. The van der Waals surface area contributed by atoms with Crippen LogP contribution < -0.4 is 20.7 Å². The molecule has 0 atom stereocenters. The zero-order valence-corrected chi connectivity index (χ0v) is 13.6. The minimum Gasteiger partial charge on any atom is -0.473 e. The van der Waals surface area contributed by atoms with Gasteiger partial charge in [-0.15, -0.1) is 0 Å². The van der Waals surface area contributed by atoms with E-state index in [2.05, 4.69) is 5.32 Å². The van der Waals surface area contributed by atoms with E-state index in [-0.39, 0.29) is 12.8 Å². The number of rotatable bonds is 5. The molecule has 3 N–H and O–H groups in total. The zero-order chi connectivity index (χ0) is 17.5. The van der Waals surface area contributed by atoms with Gasteiger partial charge in [0, 0.05) is 5.69 Å². The number of ether oxygens (including phenoxy) is 1. The smallest absolute Gasteiger partial charge is 0.329 e. The third-order valence-electron chi connectivity index (χ3n) is 3.57. The number of nitrogen functional groups attached to an aromatic ring is 1. The minimum absolute atomic E-state index is 0.0706. The Kier molecular flexibility index (Phi) is 5.16. The molecule has 0 spiro atoms. The van der Waals surface area contributed by atoms with E-state index in [1.807, 2.05) is 60.7 Å². The van der Waals surface area contributed by atoms with Crippen LogP contribution in [0.5, 0.6) is 5.75 Å². The van der Waals surface area contributed by atoms with Gasteiger partial charge < -0.3 is 15.8 Å². The number of nitrogens with one attached hydrogen (secondary N) is 1. The predicted molar refractivity (Wildman–Crippen MR) is 99.9 cm³/mol. The van der Waals surface area contributed by atoms with Crippen LogP contribution in [0.2, 0.25) is 0 Å². The van der Waals surface area contributed by atoms with E-state index < -0.39 is 0 Å². The number of nitrogens with zero attached hydrogens (tertiary/aromatic N) is 1. The highest BCUT2D eigenvalue weighted by molar-refractivity contribution is 5.99. The van der Waals surface area contributed by atoms with Crippen LogP contribution in [0, 0.1) is 0 Å². The molecule has 3 aromatic carbocycles. The van der Waals surface area contributed by atoms with E-state index in [1.54, 1.807) is 29.2 Å². The van der Waals surface area contributed by atoms with Crippen molar-refractivity contribution in [3.05, 3.63) is 84.9 Å². The van der Waals surface area contributed by atoms with E-state index in [1.165, 1.54) is 0 Å². The molecule has 25 heavy (non-hydrogen) atoms. The summed E-state index contributed by atoms with van der Waals surface area (Å²) in [6, 6.07) is 25.6. The van der Waals surface area contributed by atoms with Gasteiger partial charge in [0.2, 0.25) is 0 Å². The summed E-state index contributed by atoms with van der Waals surface area (Å²) in [6.07, 6.45) is 0. The fourth-order valence-electron chi connectivity index (χ4n) is 2.36. The van der Waals surface area contributed by atoms with Gasteiger partial charge in [0.25, 0.3) is 0 Å². The molecule has 0 fully saturated rings. The summed E-state index contributed by atoms with van der Waals surface area (Å²) in [5, 5.41) is 2.78. The van der Waals surface area contributed by atoms with E-state index in [9.17, 15) is 4.79 Å². The number of benzene rings is 3. The average molecular weight is 333 g/mol. The molecule has 0 aliphatic heterocycles. The first-order valence-corrected chi connectivity index (χ1v) is 7.90. The first kappa shape index (κ1) is 16.4. The lowest BCUT2D eigenvalue weighted by atomic mass is 10.2. The number of para-hydroxylation sites is 2. The lowest BCUT2D eigenvalue weighted by Crippen LogP contribution is -2.38. The van der Waals surface area contributed by atoms with Gasteiger partial charge >= 0.3 is 6.03 Å². The van der Waals surface area contributed by atoms with E-state index >= 15 is 0 Å². The van der Waals surface area contributed by atoms with Gasteiger partial charge in [-0.05, 0) is 48.5 Å². The Hall–Kier alpha value is -3.47. The topological polar surface area (TPSA) is 67.6 Å². The highest BCUT2D eigenvalue weighted by Gasteiger charge is 2.17. The number of amides is 2. The normalized spacial score (nSPS) is 10.1. The molecular weight excluding hydrogens is 314 g/mol. The van der Waals surface area contributed by atoms with Gasteiger partial charge in [0.1, 0.15) is 5.75 Å². The molecule has 0 aliphatic rings. The van der Waals surface area contributed by atoms with E-state index in [0.717, 1.165) is 11.4 Å². The Balaban J connectivity index is 1.74. The monoisotopic (exact) mass is 333 g/mol. The van der Waals surface area contributed by atoms with E-state index in [4.69, 9.17) is 10.5 Å². The highest BCUT2D eigenvalue weighted by atomic mass is 16.5. The van der Waals surface area contributed by atoms with Crippen LogP contribution in [-0.4, -0.2) is 12.8 Å². The van der Waals surface area contributed by atoms with Crippen molar-refractivity contribution in [3.63, 3.8) is 0 Å². The van der Waals surface area contributed by atoms with Crippen LogP contribution in [-0.2, 0) is 0 Å². The highest BCUT2D eigenvalue weighted by Crippen LogP contribution is 2.26. The molecule has 5 heteroatoms. The molecular formula is C20H19N3O2. The predicted octanol–water partition coefficient (Wildman–Crippen LogP) is 4.15. The van der Waals surface area contributed by atoms with Gasteiger partial charge in [0.05, 0.1) is 11.4 Å². The molecule has 0 saturated carbocycles. The summed E-state index contributed by atoms with van der Waals surface area (Å²) in [5.74, 6) is 0.696. The van der Waals surface area contributed by atoms with Crippen molar-refractivity contribution in [2.24, 2.45) is 0 Å². The number of hydrogen-bond donors (Lipinski definition) is 2. The second-order valence-corrected chi connectivity index (χ2v) is 5.35. The summed E-state index contributed by atoms with van der Waals surface area (Å²) in [6.45, 7) is 0.0706.